The van der Waals surface area contributed by atoms with Crippen molar-refractivity contribution >= 4 is 116 Å². The molecular weight excluding hydrogens is 870 g/mol. The summed E-state index contributed by atoms with van der Waals surface area (Å²) in [6.07, 6.45) is 0. The molecule has 0 saturated heterocycles. The van der Waals surface area contributed by atoms with Gasteiger partial charge in [-0.25, -0.2) is 0 Å². The quantitative estimate of drug-likeness (QED) is 0.158. The van der Waals surface area contributed by atoms with Gasteiger partial charge < -0.3 is 14.0 Å². The van der Waals surface area contributed by atoms with Crippen LogP contribution in [0.25, 0.3) is 110 Å². The fourth-order valence-electron chi connectivity index (χ4n) is 13.5. The molecule has 4 heteroatoms. The maximum atomic E-state index is 2.67. The molecule has 0 amide bonds. The average molecular weight is 920 g/mol. The number of benzene rings is 11. The SMILES string of the molecule is CC(C)(C)c1ccc2c(c1)B1c3c(cc(-n4c5cccc6c5c5c7c(cccc7ccc54)-c4ccccc4-6)cc3-n3c4ccc(C(C)(C)C)cc4c4c5ccccc5cc1c43)N2c1ccc2ccccc2c1. The molecule has 0 unspecified atom stereocenters. The first-order valence-corrected chi connectivity index (χ1v) is 25.7. The van der Waals surface area contributed by atoms with E-state index in [0.29, 0.717) is 0 Å². The number of anilines is 3. The van der Waals surface area contributed by atoms with Gasteiger partial charge in [0.15, 0.2) is 0 Å². The van der Waals surface area contributed by atoms with Gasteiger partial charge in [-0.15, -0.1) is 0 Å². The predicted molar refractivity (Wildman–Crippen MR) is 309 cm³/mol. The molecule has 3 nitrogen and oxygen atoms in total. The number of hydrogen-bond acceptors (Lipinski definition) is 1. The van der Waals surface area contributed by atoms with Crippen LogP contribution >= 0.6 is 0 Å². The Morgan fingerprint density at radius 1 is 0.347 bits per heavy atom. The molecule has 4 heterocycles. The Morgan fingerprint density at radius 2 is 0.972 bits per heavy atom. The standard InChI is InChI=1S/C68H50BN3/c1-67(2,3)43-27-31-55-52(35-43)62-47-19-10-9-17-42(47)34-54-66(62)72(55)60-38-46(71-57-24-14-23-51-49-21-12-11-20-48(49)50-22-13-18-40-26-30-58(71)64(61(40)50)63(51)57)37-59-65(60)69(54)53-36-44(68(4,5)6)28-32-56(53)70(59)45-29-25-39-15-7-8-16-41(39)33-45/h7-38H,1-6H3. The van der Waals surface area contributed by atoms with Gasteiger partial charge in [0, 0.05) is 44.3 Å². The molecule has 2 aliphatic heterocycles. The highest BCUT2D eigenvalue weighted by Gasteiger charge is 2.44. The van der Waals surface area contributed by atoms with Gasteiger partial charge in [0.05, 0.1) is 27.8 Å². The van der Waals surface area contributed by atoms with E-state index in [1.165, 1.54) is 143 Å². The third kappa shape index (κ3) is 5.21. The van der Waals surface area contributed by atoms with Gasteiger partial charge in [-0.2, -0.15) is 0 Å². The van der Waals surface area contributed by atoms with Crippen molar-refractivity contribution in [2.75, 3.05) is 4.90 Å². The van der Waals surface area contributed by atoms with Gasteiger partial charge in [0.2, 0.25) is 0 Å². The molecule has 13 aromatic rings. The van der Waals surface area contributed by atoms with Crippen molar-refractivity contribution in [2.45, 2.75) is 52.4 Å². The minimum atomic E-state index is -0.0517. The largest absolute Gasteiger partial charge is 0.311 e. The smallest absolute Gasteiger partial charge is 0.252 e. The first-order valence-electron chi connectivity index (χ1n) is 25.7. The van der Waals surface area contributed by atoms with Crippen LogP contribution in [0.2, 0.25) is 0 Å². The Labute approximate surface area is 419 Å². The van der Waals surface area contributed by atoms with Crippen molar-refractivity contribution in [3.8, 4) is 33.6 Å². The van der Waals surface area contributed by atoms with Gasteiger partial charge in [-0.1, -0.05) is 181 Å². The second-order valence-electron chi connectivity index (χ2n) is 22.9. The molecule has 1 aliphatic carbocycles. The molecule has 0 saturated carbocycles. The summed E-state index contributed by atoms with van der Waals surface area (Å²) in [4.78, 5) is 2.60. The summed E-state index contributed by atoms with van der Waals surface area (Å²) in [6.45, 7) is 14.1. The minimum Gasteiger partial charge on any atom is -0.311 e. The van der Waals surface area contributed by atoms with Crippen LogP contribution in [0.1, 0.15) is 52.7 Å². The van der Waals surface area contributed by atoms with E-state index < -0.39 is 0 Å². The summed E-state index contributed by atoms with van der Waals surface area (Å²) in [5, 5.41) is 12.9. The van der Waals surface area contributed by atoms with E-state index in [9.17, 15) is 0 Å². The predicted octanol–water partition coefficient (Wildman–Crippen LogP) is 16.2. The fraction of sp³-hybridized carbons (Fsp3) is 0.118. The Balaban J connectivity index is 1.11. The first kappa shape index (κ1) is 40.4. The van der Waals surface area contributed by atoms with Crippen molar-refractivity contribution in [1.29, 1.82) is 0 Å². The van der Waals surface area contributed by atoms with Gasteiger partial charge >= 0.3 is 0 Å². The van der Waals surface area contributed by atoms with Crippen LogP contribution in [-0.2, 0) is 10.8 Å². The van der Waals surface area contributed by atoms with Crippen molar-refractivity contribution in [2.24, 2.45) is 0 Å². The zero-order chi connectivity index (χ0) is 48.1. The number of fused-ring (bicyclic) bond motifs is 13. The molecule has 0 N–H and O–H groups in total. The van der Waals surface area contributed by atoms with Crippen LogP contribution in [0.5, 0.6) is 0 Å². The third-order valence-corrected chi connectivity index (χ3v) is 16.9. The Morgan fingerprint density at radius 3 is 1.78 bits per heavy atom. The molecule has 0 radical (unpaired) electrons. The summed E-state index contributed by atoms with van der Waals surface area (Å²) in [7, 11) is 0. The van der Waals surface area contributed by atoms with Crippen LogP contribution in [0.4, 0.5) is 17.1 Å². The maximum absolute atomic E-state index is 2.67. The Hall–Kier alpha value is -8.34. The Bertz CT molecular complexity index is 4610. The molecule has 16 rings (SSSR count). The van der Waals surface area contributed by atoms with Crippen molar-refractivity contribution < 1.29 is 0 Å². The van der Waals surface area contributed by atoms with Gasteiger partial charge in [-0.05, 0) is 148 Å². The van der Waals surface area contributed by atoms with E-state index in [4.69, 9.17) is 0 Å². The van der Waals surface area contributed by atoms with E-state index in [1.54, 1.807) is 0 Å². The lowest BCUT2D eigenvalue weighted by Gasteiger charge is -2.41. The second kappa shape index (κ2) is 13.7. The summed E-state index contributed by atoms with van der Waals surface area (Å²) in [5.41, 5.74) is 22.8. The topological polar surface area (TPSA) is 13.1 Å². The van der Waals surface area contributed by atoms with Crippen molar-refractivity contribution in [3.05, 3.63) is 205 Å². The van der Waals surface area contributed by atoms with Crippen LogP contribution in [0, 0.1) is 0 Å². The molecule has 340 valence electrons. The number of hydrogen-bond donors (Lipinski definition) is 0. The monoisotopic (exact) mass is 919 g/mol. The van der Waals surface area contributed by atoms with Crippen LogP contribution in [0.15, 0.2) is 194 Å². The minimum absolute atomic E-state index is 0.0227. The fourth-order valence-corrected chi connectivity index (χ4v) is 13.5. The first-order chi connectivity index (χ1) is 35.0. The van der Waals surface area contributed by atoms with E-state index in [0.717, 1.165) is 11.4 Å². The summed E-state index contributed by atoms with van der Waals surface area (Å²) < 4.78 is 5.26. The summed E-state index contributed by atoms with van der Waals surface area (Å²) in [5.74, 6) is 0. The highest BCUT2D eigenvalue weighted by atomic mass is 15.2. The lowest BCUT2D eigenvalue weighted by molar-refractivity contribution is 0.590. The van der Waals surface area contributed by atoms with Gasteiger partial charge in [-0.3, -0.25) is 0 Å². The van der Waals surface area contributed by atoms with Crippen molar-refractivity contribution in [3.63, 3.8) is 0 Å². The lowest BCUT2D eigenvalue weighted by Crippen LogP contribution is -2.60. The second-order valence-corrected chi connectivity index (χ2v) is 22.9. The molecule has 11 aromatic carbocycles. The Kier molecular flexibility index (Phi) is 7.71. The highest BCUT2D eigenvalue weighted by Crippen LogP contribution is 2.51. The van der Waals surface area contributed by atoms with E-state index >= 15 is 0 Å². The molecule has 0 bridgehead atoms. The zero-order valence-corrected chi connectivity index (χ0v) is 41.4. The normalized spacial score (nSPS) is 13.6. The van der Waals surface area contributed by atoms with Gasteiger partial charge in [0.1, 0.15) is 0 Å². The third-order valence-electron chi connectivity index (χ3n) is 16.9. The van der Waals surface area contributed by atoms with Gasteiger partial charge in [0.25, 0.3) is 6.71 Å². The highest BCUT2D eigenvalue weighted by molar-refractivity contribution is 7.00. The molecule has 2 aromatic heterocycles. The summed E-state index contributed by atoms with van der Waals surface area (Å²) in [6, 6.07) is 74.9. The average Bonchev–Trinajstić information content (AvgIpc) is 3.88. The molecule has 3 aliphatic rings. The number of rotatable bonds is 2. The maximum Gasteiger partial charge on any atom is 0.252 e. The van der Waals surface area contributed by atoms with Crippen LogP contribution in [0.3, 0.4) is 0 Å². The van der Waals surface area contributed by atoms with Crippen LogP contribution in [-0.4, -0.2) is 15.8 Å². The number of nitrogens with zero attached hydrogens (tertiary/aromatic N) is 3. The molecule has 72 heavy (non-hydrogen) atoms. The molecular formula is C68H50BN3. The zero-order valence-electron chi connectivity index (χ0n) is 41.4. The van der Waals surface area contributed by atoms with E-state index in [1.807, 2.05) is 0 Å². The molecule has 0 atom stereocenters. The van der Waals surface area contributed by atoms with E-state index in [2.05, 4.69) is 250 Å². The molecule has 0 spiro atoms. The summed E-state index contributed by atoms with van der Waals surface area (Å²) >= 11 is 0. The van der Waals surface area contributed by atoms with E-state index in [-0.39, 0.29) is 17.5 Å². The number of aromatic nitrogens is 2. The van der Waals surface area contributed by atoms with Crippen LogP contribution < -0.4 is 21.3 Å². The molecule has 0 fully saturated rings. The van der Waals surface area contributed by atoms with Crippen molar-refractivity contribution in [1.82, 2.24) is 9.13 Å². The lowest BCUT2D eigenvalue weighted by atomic mass is 9.33.